The minimum absolute atomic E-state index is 0.0401. The van der Waals surface area contributed by atoms with Crippen LogP contribution in [0.25, 0.3) is 0 Å². The van der Waals surface area contributed by atoms with Crippen molar-refractivity contribution in [3.05, 3.63) is 115 Å². The highest BCUT2D eigenvalue weighted by molar-refractivity contribution is 6.01. The molecule has 0 N–H and O–H groups in total. The molecule has 0 bridgehead atoms. The van der Waals surface area contributed by atoms with Gasteiger partial charge in [-0.3, -0.25) is 4.79 Å². The van der Waals surface area contributed by atoms with Gasteiger partial charge in [-0.05, 0) is 35.9 Å². The van der Waals surface area contributed by atoms with Crippen molar-refractivity contribution in [2.75, 3.05) is 16.3 Å². The van der Waals surface area contributed by atoms with Gasteiger partial charge in [0.05, 0.1) is 6.04 Å². The number of anilines is 3. The summed E-state index contributed by atoms with van der Waals surface area (Å²) >= 11 is 0. The average molecular weight is 378 g/mol. The molecule has 0 aromatic heterocycles. The molecule has 1 heterocycles. The van der Waals surface area contributed by atoms with Crippen LogP contribution in [0.2, 0.25) is 0 Å². The number of carbonyl (C=O) groups excluding carboxylic acids is 1. The Bertz CT molecular complexity index is 1030. The van der Waals surface area contributed by atoms with Crippen molar-refractivity contribution in [1.82, 2.24) is 0 Å². The second-order valence-electron chi connectivity index (χ2n) is 7.37. The molecule has 3 aromatic carbocycles. The summed E-state index contributed by atoms with van der Waals surface area (Å²) in [4.78, 5) is 17.7. The molecule has 0 saturated heterocycles. The van der Waals surface area contributed by atoms with Gasteiger partial charge in [0.2, 0.25) is 5.91 Å². The van der Waals surface area contributed by atoms with Gasteiger partial charge in [-0.15, -0.1) is 0 Å². The minimum Gasteiger partial charge on any atom is -0.332 e. The van der Waals surface area contributed by atoms with Crippen molar-refractivity contribution in [2.45, 2.75) is 12.0 Å². The Balaban J connectivity index is 1.51. The van der Waals surface area contributed by atoms with Gasteiger partial charge in [-0.25, -0.2) is 0 Å². The largest absolute Gasteiger partial charge is 0.332 e. The Morgan fingerprint density at radius 3 is 2.03 bits per heavy atom. The first-order valence-electron chi connectivity index (χ1n) is 9.96. The van der Waals surface area contributed by atoms with Gasteiger partial charge >= 0.3 is 0 Å². The Kier molecular flexibility index (Phi) is 4.49. The van der Waals surface area contributed by atoms with E-state index in [1.165, 1.54) is 5.56 Å². The maximum atomic E-state index is 13.6. The lowest BCUT2D eigenvalue weighted by Crippen LogP contribution is -2.43. The van der Waals surface area contributed by atoms with Crippen molar-refractivity contribution in [2.24, 2.45) is 0 Å². The van der Waals surface area contributed by atoms with Gasteiger partial charge < -0.3 is 9.80 Å². The number of hydrogen-bond donors (Lipinski definition) is 0. The number of benzene rings is 3. The molecule has 0 saturated carbocycles. The number of fused-ring (bicyclic) bond motifs is 3. The maximum Gasteiger partial charge on any atom is 0.247 e. The standard InChI is InChI=1S/C26H22N2O/c29-26(19-27(20-11-3-1-4-12-20)21-13-5-2-6-14-21)28-24-17-9-7-15-22(24)23-16-8-10-18-25(23)28/h1-18,22,24H,19H2/t22-,24+/m0/s1. The van der Waals surface area contributed by atoms with E-state index in [2.05, 4.69) is 41.3 Å². The number of allylic oxidation sites excluding steroid dienone is 2. The minimum atomic E-state index is 0.0401. The van der Waals surface area contributed by atoms with E-state index in [-0.39, 0.29) is 24.4 Å². The summed E-state index contributed by atoms with van der Waals surface area (Å²) in [6.45, 7) is 0.281. The molecule has 5 rings (SSSR count). The molecule has 3 heteroatoms. The van der Waals surface area contributed by atoms with Crippen molar-refractivity contribution in [3.63, 3.8) is 0 Å². The molecule has 1 aliphatic carbocycles. The molecule has 2 aliphatic rings. The number of para-hydroxylation sites is 3. The topological polar surface area (TPSA) is 23.6 Å². The lowest BCUT2D eigenvalue weighted by molar-refractivity contribution is -0.117. The van der Waals surface area contributed by atoms with Crippen LogP contribution in [0.4, 0.5) is 17.1 Å². The molecule has 0 radical (unpaired) electrons. The van der Waals surface area contributed by atoms with Gasteiger partial charge in [0.15, 0.2) is 0 Å². The van der Waals surface area contributed by atoms with E-state index in [9.17, 15) is 4.79 Å². The highest BCUT2D eigenvalue weighted by Gasteiger charge is 2.39. The predicted molar refractivity (Wildman–Crippen MR) is 119 cm³/mol. The first kappa shape index (κ1) is 17.5. The van der Waals surface area contributed by atoms with Crippen LogP contribution in [0.3, 0.4) is 0 Å². The molecule has 3 nitrogen and oxygen atoms in total. The van der Waals surface area contributed by atoms with E-state index < -0.39 is 0 Å². The third-order valence-electron chi connectivity index (χ3n) is 5.66. The van der Waals surface area contributed by atoms with Crippen molar-refractivity contribution in [1.29, 1.82) is 0 Å². The zero-order chi connectivity index (χ0) is 19.6. The van der Waals surface area contributed by atoms with E-state index in [4.69, 9.17) is 0 Å². The monoisotopic (exact) mass is 378 g/mol. The smallest absolute Gasteiger partial charge is 0.247 e. The van der Waals surface area contributed by atoms with Gasteiger partial charge in [0.25, 0.3) is 0 Å². The van der Waals surface area contributed by atoms with Crippen molar-refractivity contribution >= 4 is 23.0 Å². The molecular formula is C26H22N2O. The van der Waals surface area contributed by atoms with Crippen molar-refractivity contribution < 1.29 is 4.79 Å². The van der Waals surface area contributed by atoms with Gasteiger partial charge in [0.1, 0.15) is 6.54 Å². The fourth-order valence-electron chi connectivity index (χ4n) is 4.34. The van der Waals surface area contributed by atoms with E-state index in [0.717, 1.165) is 17.1 Å². The van der Waals surface area contributed by atoms with Crippen LogP contribution < -0.4 is 9.80 Å². The van der Waals surface area contributed by atoms with Gasteiger partial charge in [-0.1, -0.05) is 78.9 Å². The van der Waals surface area contributed by atoms with E-state index >= 15 is 0 Å². The number of rotatable bonds is 4. The highest BCUT2D eigenvalue weighted by atomic mass is 16.2. The van der Waals surface area contributed by atoms with Crippen LogP contribution in [0.15, 0.2) is 109 Å². The van der Waals surface area contributed by atoms with Crippen LogP contribution in [-0.4, -0.2) is 18.5 Å². The number of carbonyl (C=O) groups is 1. The van der Waals surface area contributed by atoms with E-state index in [1.54, 1.807) is 0 Å². The second-order valence-corrected chi connectivity index (χ2v) is 7.37. The Hall–Kier alpha value is -3.59. The van der Waals surface area contributed by atoms with Crippen LogP contribution in [0, 0.1) is 0 Å². The van der Waals surface area contributed by atoms with Crippen LogP contribution in [-0.2, 0) is 4.79 Å². The predicted octanol–water partition coefficient (Wildman–Crippen LogP) is 5.45. The molecule has 2 atom stereocenters. The highest BCUT2D eigenvalue weighted by Crippen LogP contribution is 2.43. The van der Waals surface area contributed by atoms with E-state index in [1.807, 2.05) is 77.7 Å². The zero-order valence-electron chi connectivity index (χ0n) is 16.1. The normalized spacial score (nSPS) is 19.0. The number of nitrogens with zero attached hydrogens (tertiary/aromatic N) is 2. The lowest BCUT2D eigenvalue weighted by Gasteiger charge is -2.31. The summed E-state index contributed by atoms with van der Waals surface area (Å²) in [7, 11) is 0. The first-order chi connectivity index (χ1) is 14.3. The molecule has 0 unspecified atom stereocenters. The zero-order valence-corrected chi connectivity index (χ0v) is 16.1. The fraction of sp³-hybridized carbons (Fsp3) is 0.115. The molecule has 0 spiro atoms. The number of amides is 1. The van der Waals surface area contributed by atoms with Gasteiger partial charge in [-0.2, -0.15) is 0 Å². The SMILES string of the molecule is O=C(CN(c1ccccc1)c1ccccc1)N1c2ccccc2[C@@H]2C=CC=C[C@H]21. The molecule has 3 aromatic rings. The van der Waals surface area contributed by atoms with Crippen LogP contribution >= 0.6 is 0 Å². The third-order valence-corrected chi connectivity index (χ3v) is 5.66. The average Bonchev–Trinajstić information content (AvgIpc) is 3.13. The summed E-state index contributed by atoms with van der Waals surface area (Å²) in [5.41, 5.74) is 4.26. The molecule has 1 aliphatic heterocycles. The van der Waals surface area contributed by atoms with E-state index in [0.29, 0.717) is 0 Å². The summed E-state index contributed by atoms with van der Waals surface area (Å²) < 4.78 is 0. The second kappa shape index (κ2) is 7.44. The fourth-order valence-corrected chi connectivity index (χ4v) is 4.34. The molecule has 142 valence electrons. The van der Waals surface area contributed by atoms with Crippen LogP contribution in [0.5, 0.6) is 0 Å². The Morgan fingerprint density at radius 2 is 1.34 bits per heavy atom. The quantitative estimate of drug-likeness (QED) is 0.603. The molecule has 1 amide bonds. The van der Waals surface area contributed by atoms with Crippen LogP contribution in [0.1, 0.15) is 11.5 Å². The number of hydrogen-bond acceptors (Lipinski definition) is 2. The lowest BCUT2D eigenvalue weighted by atomic mass is 9.91. The summed E-state index contributed by atoms with van der Waals surface area (Å²) in [5.74, 6) is 0.319. The maximum absolute atomic E-state index is 13.6. The molecule has 0 fully saturated rings. The summed E-state index contributed by atoms with van der Waals surface area (Å²) in [6.07, 6.45) is 8.45. The molecule has 29 heavy (non-hydrogen) atoms. The Morgan fingerprint density at radius 1 is 0.759 bits per heavy atom. The summed E-state index contributed by atoms with van der Waals surface area (Å²) in [5, 5.41) is 0. The molecular weight excluding hydrogens is 356 g/mol. The summed E-state index contributed by atoms with van der Waals surface area (Å²) in [6, 6.07) is 28.5. The Labute approximate surface area is 171 Å². The third kappa shape index (κ3) is 3.15. The van der Waals surface area contributed by atoms with Gasteiger partial charge in [0, 0.05) is 23.0 Å². The first-order valence-corrected chi connectivity index (χ1v) is 9.96. The van der Waals surface area contributed by atoms with Crippen molar-refractivity contribution in [3.8, 4) is 0 Å².